The molecule has 3 heterocycles. The molecular weight excluding hydrogens is 300 g/mol. The van der Waals surface area contributed by atoms with E-state index in [9.17, 15) is 0 Å². The third kappa shape index (κ3) is 3.36. The molecular formula is C19H24N4O. The zero-order valence-corrected chi connectivity index (χ0v) is 14.2. The zero-order chi connectivity index (χ0) is 16.4. The van der Waals surface area contributed by atoms with Gasteiger partial charge in [0, 0.05) is 25.7 Å². The summed E-state index contributed by atoms with van der Waals surface area (Å²) in [6.07, 6.45) is 8.74. The van der Waals surface area contributed by atoms with Crippen LogP contribution in [0, 0.1) is 0 Å². The Morgan fingerprint density at radius 2 is 2.21 bits per heavy atom. The van der Waals surface area contributed by atoms with Crippen LogP contribution in [0.25, 0.3) is 11.1 Å². The van der Waals surface area contributed by atoms with Crippen LogP contribution in [0.5, 0.6) is 0 Å². The molecule has 1 aromatic carbocycles. The normalized spacial score (nSPS) is 19.1. The largest absolute Gasteiger partial charge is 0.440 e. The first-order valence-corrected chi connectivity index (χ1v) is 8.83. The molecule has 1 fully saturated rings. The van der Waals surface area contributed by atoms with Gasteiger partial charge < -0.3 is 9.32 Å². The Morgan fingerprint density at radius 3 is 3.04 bits per heavy atom. The second-order valence-corrected chi connectivity index (χ2v) is 6.79. The number of nitrogens with zero attached hydrogens (tertiary/aromatic N) is 4. The fraction of sp³-hybridized carbons (Fsp3) is 0.474. The highest BCUT2D eigenvalue weighted by molar-refractivity contribution is 5.72. The fourth-order valence-electron chi connectivity index (χ4n) is 3.63. The quantitative estimate of drug-likeness (QED) is 0.722. The van der Waals surface area contributed by atoms with E-state index in [1.807, 2.05) is 42.2 Å². The van der Waals surface area contributed by atoms with Crippen LogP contribution in [0.4, 0.5) is 0 Å². The average molecular weight is 324 g/mol. The van der Waals surface area contributed by atoms with Crippen molar-refractivity contribution in [2.45, 2.75) is 31.6 Å². The third-order valence-corrected chi connectivity index (χ3v) is 4.86. The van der Waals surface area contributed by atoms with Gasteiger partial charge in [-0.25, -0.2) is 4.98 Å². The minimum absolute atomic E-state index is 0.421. The molecule has 1 atom stereocenters. The van der Waals surface area contributed by atoms with Gasteiger partial charge in [0.1, 0.15) is 5.52 Å². The maximum atomic E-state index is 5.98. The van der Waals surface area contributed by atoms with E-state index in [0.717, 1.165) is 36.5 Å². The zero-order valence-electron chi connectivity index (χ0n) is 14.2. The van der Waals surface area contributed by atoms with Gasteiger partial charge in [-0.2, -0.15) is 5.10 Å². The number of aryl methyl sites for hydroxylation is 2. The summed E-state index contributed by atoms with van der Waals surface area (Å²) in [7, 11) is 1.97. The first kappa shape index (κ1) is 15.4. The van der Waals surface area contributed by atoms with Crippen molar-refractivity contribution >= 4 is 11.1 Å². The molecule has 0 unspecified atom stereocenters. The minimum atomic E-state index is 0.421. The van der Waals surface area contributed by atoms with Gasteiger partial charge in [-0.1, -0.05) is 12.1 Å². The molecule has 0 N–H and O–H groups in total. The third-order valence-electron chi connectivity index (χ3n) is 4.86. The van der Waals surface area contributed by atoms with Crippen molar-refractivity contribution in [2.75, 3.05) is 19.6 Å². The Kier molecular flexibility index (Phi) is 4.34. The van der Waals surface area contributed by atoms with Crippen molar-refractivity contribution < 1.29 is 4.42 Å². The molecule has 2 aromatic heterocycles. The Bertz CT molecular complexity index is 773. The summed E-state index contributed by atoms with van der Waals surface area (Å²) in [5.41, 5.74) is 3.20. The summed E-state index contributed by atoms with van der Waals surface area (Å²) in [6, 6.07) is 8.04. The van der Waals surface area contributed by atoms with E-state index in [1.165, 1.54) is 31.4 Å². The van der Waals surface area contributed by atoms with E-state index < -0.39 is 0 Å². The molecule has 1 saturated heterocycles. The van der Waals surface area contributed by atoms with Gasteiger partial charge in [-0.3, -0.25) is 4.68 Å². The van der Waals surface area contributed by atoms with Crippen molar-refractivity contribution in [1.29, 1.82) is 0 Å². The van der Waals surface area contributed by atoms with Crippen LogP contribution in [0.3, 0.4) is 0 Å². The second-order valence-electron chi connectivity index (χ2n) is 6.79. The number of likely N-dealkylation sites (tertiary alicyclic amines) is 1. The lowest BCUT2D eigenvalue weighted by Crippen LogP contribution is -2.35. The number of hydrogen-bond acceptors (Lipinski definition) is 4. The van der Waals surface area contributed by atoms with Crippen molar-refractivity contribution in [2.24, 2.45) is 7.05 Å². The predicted molar refractivity (Wildman–Crippen MR) is 94.0 cm³/mol. The fourth-order valence-corrected chi connectivity index (χ4v) is 3.63. The number of para-hydroxylation sites is 2. The van der Waals surface area contributed by atoms with Gasteiger partial charge in [-0.15, -0.1) is 0 Å². The van der Waals surface area contributed by atoms with E-state index >= 15 is 0 Å². The van der Waals surface area contributed by atoms with Crippen LogP contribution in [-0.2, 0) is 13.5 Å². The van der Waals surface area contributed by atoms with Crippen LogP contribution in [0.1, 0.15) is 36.6 Å². The molecule has 0 amide bonds. The first-order valence-electron chi connectivity index (χ1n) is 8.83. The van der Waals surface area contributed by atoms with Gasteiger partial charge in [0.05, 0.1) is 6.20 Å². The molecule has 0 radical (unpaired) electrons. The topological polar surface area (TPSA) is 47.1 Å². The van der Waals surface area contributed by atoms with Crippen LogP contribution in [-0.4, -0.2) is 39.3 Å². The maximum Gasteiger partial charge on any atom is 0.199 e. The van der Waals surface area contributed by atoms with Crippen LogP contribution < -0.4 is 0 Å². The van der Waals surface area contributed by atoms with Crippen LogP contribution in [0.15, 0.2) is 41.1 Å². The number of hydrogen-bond donors (Lipinski definition) is 0. The molecule has 1 aliphatic heterocycles. The number of benzene rings is 1. The number of oxazole rings is 1. The minimum Gasteiger partial charge on any atom is -0.440 e. The van der Waals surface area contributed by atoms with E-state index in [1.54, 1.807) is 0 Å². The molecule has 5 heteroatoms. The van der Waals surface area contributed by atoms with Crippen LogP contribution in [0.2, 0.25) is 0 Å². The molecule has 5 nitrogen and oxygen atoms in total. The summed E-state index contributed by atoms with van der Waals surface area (Å²) in [5, 5.41) is 4.24. The summed E-state index contributed by atoms with van der Waals surface area (Å²) in [4.78, 5) is 7.25. The standard InChI is InChI=1S/C19H24N4O/c1-22-13-15(12-20-22)6-4-10-23-11-5-7-16(14-23)19-21-17-8-2-3-9-18(17)24-19/h2-3,8-9,12-13,16H,4-7,10-11,14H2,1H3/t16-/m1/s1. The summed E-state index contributed by atoms with van der Waals surface area (Å²) >= 11 is 0. The Balaban J connectivity index is 1.35. The lowest BCUT2D eigenvalue weighted by molar-refractivity contribution is 0.193. The van der Waals surface area contributed by atoms with Gasteiger partial charge in [0.15, 0.2) is 11.5 Å². The smallest absolute Gasteiger partial charge is 0.199 e. The highest BCUT2D eigenvalue weighted by Gasteiger charge is 2.25. The van der Waals surface area contributed by atoms with Gasteiger partial charge in [0.2, 0.25) is 0 Å². The molecule has 1 aliphatic rings. The summed E-state index contributed by atoms with van der Waals surface area (Å²) in [6.45, 7) is 3.37. The molecule has 3 aromatic rings. The second kappa shape index (κ2) is 6.77. The molecule has 0 saturated carbocycles. The van der Waals surface area contributed by atoms with Gasteiger partial charge in [0.25, 0.3) is 0 Å². The van der Waals surface area contributed by atoms with Crippen molar-refractivity contribution in [1.82, 2.24) is 19.7 Å². The van der Waals surface area contributed by atoms with E-state index in [2.05, 4.69) is 16.2 Å². The Labute approximate surface area is 142 Å². The van der Waals surface area contributed by atoms with E-state index in [0.29, 0.717) is 5.92 Å². The lowest BCUT2D eigenvalue weighted by atomic mass is 9.97. The van der Waals surface area contributed by atoms with Crippen molar-refractivity contribution in [3.63, 3.8) is 0 Å². The lowest BCUT2D eigenvalue weighted by Gasteiger charge is -2.31. The van der Waals surface area contributed by atoms with Crippen LogP contribution >= 0.6 is 0 Å². The Morgan fingerprint density at radius 1 is 1.29 bits per heavy atom. The van der Waals surface area contributed by atoms with Crippen molar-refractivity contribution in [3.05, 3.63) is 48.1 Å². The number of piperidine rings is 1. The van der Waals surface area contributed by atoms with Gasteiger partial charge in [-0.05, 0) is 56.5 Å². The Hall–Kier alpha value is -2.14. The highest BCUT2D eigenvalue weighted by atomic mass is 16.3. The number of fused-ring (bicyclic) bond motifs is 1. The summed E-state index contributed by atoms with van der Waals surface area (Å²) < 4.78 is 7.86. The maximum absolute atomic E-state index is 5.98. The molecule has 4 rings (SSSR count). The van der Waals surface area contributed by atoms with Gasteiger partial charge >= 0.3 is 0 Å². The van der Waals surface area contributed by atoms with E-state index in [-0.39, 0.29) is 0 Å². The number of aromatic nitrogens is 3. The first-order chi connectivity index (χ1) is 11.8. The SMILES string of the molecule is Cn1cc(CCCN2CCC[C@@H](c3nc4ccccc4o3)C2)cn1. The molecule has 0 aliphatic carbocycles. The predicted octanol–water partition coefficient (Wildman–Crippen LogP) is 3.37. The molecule has 24 heavy (non-hydrogen) atoms. The average Bonchev–Trinajstić information content (AvgIpc) is 3.21. The highest BCUT2D eigenvalue weighted by Crippen LogP contribution is 2.29. The molecule has 0 bridgehead atoms. The number of rotatable bonds is 5. The monoisotopic (exact) mass is 324 g/mol. The van der Waals surface area contributed by atoms with Crippen molar-refractivity contribution in [3.8, 4) is 0 Å². The molecule has 126 valence electrons. The van der Waals surface area contributed by atoms with E-state index in [4.69, 9.17) is 9.40 Å². The summed E-state index contributed by atoms with van der Waals surface area (Å²) in [5.74, 6) is 1.33. The molecule has 0 spiro atoms.